The van der Waals surface area contributed by atoms with Gasteiger partial charge in [-0.1, -0.05) is 17.7 Å². The van der Waals surface area contributed by atoms with E-state index < -0.39 is 0 Å². The van der Waals surface area contributed by atoms with E-state index in [0.717, 1.165) is 0 Å². The van der Waals surface area contributed by atoms with Gasteiger partial charge < -0.3 is 10.2 Å². The van der Waals surface area contributed by atoms with Crippen LogP contribution in [0.5, 0.6) is 0 Å². The quantitative estimate of drug-likeness (QED) is 0.705. The van der Waals surface area contributed by atoms with E-state index in [-0.39, 0.29) is 23.4 Å². The van der Waals surface area contributed by atoms with Crippen LogP contribution in [0.25, 0.3) is 10.9 Å². The van der Waals surface area contributed by atoms with E-state index in [9.17, 15) is 14.0 Å². The molecule has 3 aromatic rings. The van der Waals surface area contributed by atoms with Crippen LogP contribution < -0.4 is 10.9 Å². The topological polar surface area (TPSA) is 67.2 Å². The van der Waals surface area contributed by atoms with Crippen molar-refractivity contribution >= 4 is 34.2 Å². The van der Waals surface area contributed by atoms with Crippen molar-refractivity contribution in [2.24, 2.45) is 0 Å². The molecule has 28 heavy (non-hydrogen) atoms. The number of carbonyl (C=O) groups is 1. The van der Waals surface area contributed by atoms with Crippen molar-refractivity contribution in [3.8, 4) is 0 Å². The van der Waals surface area contributed by atoms with Crippen LogP contribution in [0.1, 0.15) is 18.9 Å². The molecule has 0 aliphatic carbocycles. The molecule has 6 nitrogen and oxygen atoms in total. The number of hydrogen-bond acceptors (Lipinski definition) is 3. The van der Waals surface area contributed by atoms with Crippen LogP contribution in [0.3, 0.4) is 0 Å². The molecule has 0 unspecified atom stereocenters. The Balaban J connectivity index is 1.45. The van der Waals surface area contributed by atoms with Gasteiger partial charge in [0, 0.05) is 24.8 Å². The Labute approximate surface area is 165 Å². The minimum Gasteiger partial charge on any atom is -0.324 e. The number of piperidine rings is 1. The smallest absolute Gasteiger partial charge is 0.321 e. The number of urea groups is 1. The molecule has 1 aliphatic heterocycles. The Morgan fingerprint density at radius 1 is 1.14 bits per heavy atom. The minimum absolute atomic E-state index is 0.0294. The standard InChI is InChI=1S/C20H18ClFN4O2/c21-17-3-1-2-16-18(17)23-12-26(19(16)27)15-8-10-25(11-9-15)20(28)24-14-6-4-13(22)5-7-14/h1-7,12,15H,8-11H2,(H,24,28). The molecule has 0 spiro atoms. The maximum absolute atomic E-state index is 13.0. The number of fused-ring (bicyclic) bond motifs is 1. The highest BCUT2D eigenvalue weighted by molar-refractivity contribution is 6.34. The Hall–Kier alpha value is -2.93. The molecule has 0 radical (unpaired) electrons. The monoisotopic (exact) mass is 400 g/mol. The van der Waals surface area contributed by atoms with Crippen molar-refractivity contribution in [1.29, 1.82) is 0 Å². The zero-order valence-electron chi connectivity index (χ0n) is 14.9. The Bertz CT molecular complexity index is 1080. The van der Waals surface area contributed by atoms with E-state index in [4.69, 9.17) is 11.6 Å². The lowest BCUT2D eigenvalue weighted by Crippen LogP contribution is -2.42. The first-order valence-corrected chi connectivity index (χ1v) is 9.37. The van der Waals surface area contributed by atoms with E-state index in [1.54, 1.807) is 27.7 Å². The molecule has 0 bridgehead atoms. The lowest BCUT2D eigenvalue weighted by molar-refractivity contribution is 0.182. The van der Waals surface area contributed by atoms with Crippen molar-refractivity contribution < 1.29 is 9.18 Å². The summed E-state index contributed by atoms with van der Waals surface area (Å²) in [5.41, 5.74) is 0.920. The molecular weight excluding hydrogens is 383 g/mol. The van der Waals surface area contributed by atoms with Gasteiger partial charge in [-0.3, -0.25) is 9.36 Å². The summed E-state index contributed by atoms with van der Waals surface area (Å²) >= 11 is 6.11. The third kappa shape index (κ3) is 3.57. The molecule has 1 N–H and O–H groups in total. The molecule has 1 aromatic heterocycles. The molecule has 4 rings (SSSR count). The predicted molar refractivity (Wildman–Crippen MR) is 106 cm³/mol. The summed E-state index contributed by atoms with van der Waals surface area (Å²) in [7, 11) is 0. The van der Waals surface area contributed by atoms with Crippen molar-refractivity contribution in [3.63, 3.8) is 0 Å². The largest absolute Gasteiger partial charge is 0.324 e. The van der Waals surface area contributed by atoms with Crippen LogP contribution in [0.15, 0.2) is 53.6 Å². The van der Waals surface area contributed by atoms with Crippen LogP contribution in [-0.4, -0.2) is 33.6 Å². The second kappa shape index (κ2) is 7.59. The number of rotatable bonds is 2. The average molecular weight is 401 g/mol. The number of benzene rings is 2. The third-order valence-corrected chi connectivity index (χ3v) is 5.31. The van der Waals surface area contributed by atoms with Crippen LogP contribution in [0.4, 0.5) is 14.9 Å². The Morgan fingerprint density at radius 2 is 1.86 bits per heavy atom. The van der Waals surface area contributed by atoms with Crippen molar-refractivity contribution in [2.45, 2.75) is 18.9 Å². The molecule has 1 aliphatic rings. The van der Waals surface area contributed by atoms with E-state index in [2.05, 4.69) is 10.3 Å². The first-order valence-electron chi connectivity index (χ1n) is 9.00. The highest BCUT2D eigenvalue weighted by atomic mass is 35.5. The summed E-state index contributed by atoms with van der Waals surface area (Å²) in [5, 5.41) is 3.70. The maximum Gasteiger partial charge on any atom is 0.321 e. The Kier molecular flexibility index (Phi) is 5.00. The summed E-state index contributed by atoms with van der Waals surface area (Å²) in [6, 6.07) is 10.5. The molecule has 2 amide bonds. The van der Waals surface area contributed by atoms with Crippen molar-refractivity contribution in [2.75, 3.05) is 18.4 Å². The second-order valence-corrected chi connectivity index (χ2v) is 7.16. The molecule has 0 saturated carbocycles. The molecule has 0 atom stereocenters. The highest BCUT2D eigenvalue weighted by Crippen LogP contribution is 2.24. The molecule has 1 fully saturated rings. The number of nitrogens with zero attached hydrogens (tertiary/aromatic N) is 3. The normalized spacial score (nSPS) is 15.0. The number of aromatic nitrogens is 2. The number of carbonyl (C=O) groups excluding carboxylic acids is 1. The van der Waals surface area contributed by atoms with Gasteiger partial charge in [0.25, 0.3) is 5.56 Å². The second-order valence-electron chi connectivity index (χ2n) is 6.75. The van der Waals surface area contributed by atoms with Gasteiger partial charge in [-0.2, -0.15) is 0 Å². The molecule has 1 saturated heterocycles. The highest BCUT2D eigenvalue weighted by Gasteiger charge is 2.25. The summed E-state index contributed by atoms with van der Waals surface area (Å²) in [5.74, 6) is -0.352. The number of amides is 2. The summed E-state index contributed by atoms with van der Waals surface area (Å²) in [4.78, 5) is 31.2. The number of likely N-dealkylation sites (tertiary alicyclic amines) is 1. The van der Waals surface area contributed by atoms with Crippen molar-refractivity contribution in [3.05, 3.63) is 70.0 Å². The van der Waals surface area contributed by atoms with Crippen LogP contribution >= 0.6 is 11.6 Å². The van der Waals surface area contributed by atoms with E-state index in [1.807, 2.05) is 0 Å². The fraction of sp³-hybridized carbons (Fsp3) is 0.250. The minimum atomic E-state index is -0.352. The van der Waals surface area contributed by atoms with Gasteiger partial charge >= 0.3 is 6.03 Å². The van der Waals surface area contributed by atoms with Gasteiger partial charge in [0.1, 0.15) is 5.82 Å². The molecule has 144 valence electrons. The van der Waals surface area contributed by atoms with Gasteiger partial charge in [-0.15, -0.1) is 0 Å². The summed E-state index contributed by atoms with van der Waals surface area (Å²) in [6.07, 6.45) is 2.82. The lowest BCUT2D eigenvalue weighted by atomic mass is 10.0. The van der Waals surface area contributed by atoms with Crippen molar-refractivity contribution in [1.82, 2.24) is 14.5 Å². The number of nitrogens with one attached hydrogen (secondary N) is 1. The van der Waals surface area contributed by atoms with Gasteiger partial charge in [0.15, 0.2) is 0 Å². The van der Waals surface area contributed by atoms with E-state index in [1.165, 1.54) is 30.6 Å². The predicted octanol–water partition coefficient (Wildman–Crippen LogP) is 4.06. The molecule has 8 heteroatoms. The SMILES string of the molecule is O=C(Nc1ccc(F)cc1)N1CCC(n2cnc3c(Cl)cccc3c2=O)CC1. The van der Waals surface area contributed by atoms with Gasteiger partial charge in [0.05, 0.1) is 22.3 Å². The zero-order valence-corrected chi connectivity index (χ0v) is 15.7. The van der Waals surface area contributed by atoms with Gasteiger partial charge in [-0.25, -0.2) is 14.2 Å². The molecular formula is C20H18ClFN4O2. The number of hydrogen-bond donors (Lipinski definition) is 1. The fourth-order valence-corrected chi connectivity index (χ4v) is 3.70. The first kappa shape index (κ1) is 18.4. The third-order valence-electron chi connectivity index (χ3n) is 5.00. The lowest BCUT2D eigenvalue weighted by Gasteiger charge is -2.32. The Morgan fingerprint density at radius 3 is 2.57 bits per heavy atom. The van der Waals surface area contributed by atoms with Gasteiger partial charge in [0.2, 0.25) is 0 Å². The zero-order chi connectivity index (χ0) is 19.7. The number of para-hydroxylation sites is 1. The fourth-order valence-electron chi connectivity index (χ4n) is 3.47. The van der Waals surface area contributed by atoms with Gasteiger partial charge in [-0.05, 0) is 49.2 Å². The average Bonchev–Trinajstić information content (AvgIpc) is 2.71. The van der Waals surface area contributed by atoms with Crippen LogP contribution in [-0.2, 0) is 0 Å². The number of halogens is 2. The van der Waals surface area contributed by atoms with E-state index >= 15 is 0 Å². The summed E-state index contributed by atoms with van der Waals surface area (Å²) < 4.78 is 14.6. The maximum atomic E-state index is 13.0. The molecule has 2 heterocycles. The summed E-state index contributed by atoms with van der Waals surface area (Å²) in [6.45, 7) is 1.02. The first-order chi connectivity index (χ1) is 13.5. The van der Waals surface area contributed by atoms with Crippen LogP contribution in [0, 0.1) is 5.82 Å². The number of anilines is 1. The molecule has 2 aromatic carbocycles. The van der Waals surface area contributed by atoms with E-state index in [0.29, 0.717) is 47.5 Å². The van der Waals surface area contributed by atoms with Crippen LogP contribution in [0.2, 0.25) is 5.02 Å².